The lowest BCUT2D eigenvalue weighted by Crippen LogP contribution is -2.50. The molecule has 7 nitrogen and oxygen atoms in total. The van der Waals surface area contributed by atoms with Crippen molar-refractivity contribution in [2.45, 2.75) is 32.7 Å². The zero-order valence-corrected chi connectivity index (χ0v) is 20.2. The Hall–Kier alpha value is -4.28. The smallest absolute Gasteiger partial charge is 0.332 e. The number of rotatable bonds is 8. The van der Waals surface area contributed by atoms with E-state index in [1.807, 2.05) is 0 Å². The normalized spacial score (nSPS) is 11.1. The first-order valence-corrected chi connectivity index (χ1v) is 11.3. The van der Waals surface area contributed by atoms with E-state index in [0.29, 0.717) is 5.82 Å². The van der Waals surface area contributed by atoms with Gasteiger partial charge in [0.2, 0.25) is 0 Å². The topological polar surface area (TPSA) is 87.2 Å². The summed E-state index contributed by atoms with van der Waals surface area (Å²) in [6.07, 6.45) is 2.84. The summed E-state index contributed by atoms with van der Waals surface area (Å²) in [6, 6.07) is 6.44. The SMILES string of the molecule is C=CCC(F)(F)c1c(F)cccc1-c1ccc(CNC(=O)N(CC)NC(=O)c2cnc(C)nc2)c(F)c1. The van der Waals surface area contributed by atoms with Gasteiger partial charge in [-0.05, 0) is 37.1 Å². The number of nitrogens with one attached hydrogen (secondary N) is 2. The Labute approximate surface area is 211 Å². The Bertz CT molecular complexity index is 1300. The molecule has 0 saturated heterocycles. The number of aromatic nitrogens is 2. The van der Waals surface area contributed by atoms with Crippen LogP contribution in [0.5, 0.6) is 0 Å². The van der Waals surface area contributed by atoms with Crippen molar-refractivity contribution >= 4 is 11.9 Å². The summed E-state index contributed by atoms with van der Waals surface area (Å²) >= 11 is 0. The van der Waals surface area contributed by atoms with Gasteiger partial charge in [0.05, 0.1) is 11.1 Å². The van der Waals surface area contributed by atoms with Gasteiger partial charge in [0, 0.05) is 37.5 Å². The quantitative estimate of drug-likeness (QED) is 0.243. The van der Waals surface area contributed by atoms with Crippen molar-refractivity contribution in [1.82, 2.24) is 25.7 Å². The summed E-state index contributed by atoms with van der Waals surface area (Å²) in [5.41, 5.74) is 1.67. The number of alkyl halides is 2. The number of hydrogen-bond donors (Lipinski definition) is 2. The van der Waals surface area contributed by atoms with Gasteiger partial charge in [-0.3, -0.25) is 10.2 Å². The zero-order valence-electron chi connectivity index (χ0n) is 20.2. The number of carbonyl (C=O) groups excluding carboxylic acids is 2. The maximum absolute atomic E-state index is 14.9. The van der Waals surface area contributed by atoms with E-state index in [2.05, 4.69) is 27.3 Å². The van der Waals surface area contributed by atoms with Gasteiger partial charge in [0.25, 0.3) is 11.8 Å². The molecule has 2 aromatic carbocycles. The van der Waals surface area contributed by atoms with Crippen LogP contribution in [0.25, 0.3) is 11.1 Å². The number of amides is 3. The van der Waals surface area contributed by atoms with E-state index < -0.39 is 41.5 Å². The van der Waals surface area contributed by atoms with Crippen molar-refractivity contribution in [3.63, 3.8) is 0 Å². The van der Waals surface area contributed by atoms with Crippen LogP contribution in [0.4, 0.5) is 22.4 Å². The first-order valence-electron chi connectivity index (χ1n) is 11.3. The van der Waals surface area contributed by atoms with E-state index in [4.69, 9.17) is 0 Å². The molecular formula is C26H25F4N5O2. The molecule has 3 aromatic rings. The number of urea groups is 1. The van der Waals surface area contributed by atoms with Crippen LogP contribution in [0.3, 0.4) is 0 Å². The molecule has 11 heteroatoms. The molecular weight excluding hydrogens is 490 g/mol. The van der Waals surface area contributed by atoms with Crippen LogP contribution in [0.2, 0.25) is 0 Å². The maximum Gasteiger partial charge on any atom is 0.336 e. The highest BCUT2D eigenvalue weighted by molar-refractivity contribution is 5.94. The Morgan fingerprint density at radius 2 is 1.81 bits per heavy atom. The fourth-order valence-electron chi connectivity index (χ4n) is 3.51. The number of halogens is 4. The Balaban J connectivity index is 1.73. The van der Waals surface area contributed by atoms with Crippen molar-refractivity contribution in [3.05, 3.63) is 95.6 Å². The second-order valence-corrected chi connectivity index (χ2v) is 8.03. The minimum Gasteiger partial charge on any atom is -0.332 e. The zero-order chi connectivity index (χ0) is 27.2. The highest BCUT2D eigenvalue weighted by atomic mass is 19.3. The van der Waals surface area contributed by atoms with Crippen LogP contribution >= 0.6 is 0 Å². The lowest BCUT2D eigenvalue weighted by atomic mass is 9.93. The number of nitrogens with zero attached hydrogens (tertiary/aromatic N) is 3. The van der Waals surface area contributed by atoms with Crippen molar-refractivity contribution in [2.24, 2.45) is 0 Å². The average molecular weight is 516 g/mol. The van der Waals surface area contributed by atoms with Crippen LogP contribution in [-0.4, -0.2) is 33.5 Å². The van der Waals surface area contributed by atoms with Crippen molar-refractivity contribution in [2.75, 3.05) is 6.54 Å². The Morgan fingerprint density at radius 1 is 1.11 bits per heavy atom. The highest BCUT2D eigenvalue weighted by Gasteiger charge is 2.36. The molecule has 3 amide bonds. The summed E-state index contributed by atoms with van der Waals surface area (Å²) in [6.45, 7) is 6.42. The molecule has 2 N–H and O–H groups in total. The molecule has 1 aromatic heterocycles. The number of benzene rings is 2. The van der Waals surface area contributed by atoms with Gasteiger partial charge >= 0.3 is 6.03 Å². The van der Waals surface area contributed by atoms with Crippen LogP contribution in [0.15, 0.2) is 61.4 Å². The first kappa shape index (κ1) is 27.3. The highest BCUT2D eigenvalue weighted by Crippen LogP contribution is 2.40. The summed E-state index contributed by atoms with van der Waals surface area (Å²) in [7, 11) is 0. The Kier molecular flexibility index (Phi) is 8.59. The molecule has 0 aliphatic rings. The van der Waals surface area contributed by atoms with Crippen LogP contribution in [0, 0.1) is 18.6 Å². The van der Waals surface area contributed by atoms with E-state index in [9.17, 15) is 27.2 Å². The molecule has 0 aliphatic heterocycles. The van der Waals surface area contributed by atoms with Gasteiger partial charge in [-0.2, -0.15) is 0 Å². The standard InChI is InChI=1S/C26H25F4N5O2/c1-4-11-26(29,30)23-20(7-6-8-21(23)27)17-9-10-18(22(28)12-17)13-33-25(37)35(5-2)34-24(36)19-14-31-16(3)32-15-19/h4,6-10,12,14-15H,1,5,11,13H2,2-3H3,(H,33,37)(H,34,36). The van der Waals surface area contributed by atoms with Crippen molar-refractivity contribution in [1.29, 1.82) is 0 Å². The third-order valence-corrected chi connectivity index (χ3v) is 5.42. The molecule has 0 saturated carbocycles. The average Bonchev–Trinajstić information content (AvgIpc) is 2.86. The molecule has 0 aliphatic carbocycles. The van der Waals surface area contributed by atoms with E-state index >= 15 is 0 Å². The summed E-state index contributed by atoms with van der Waals surface area (Å²) in [5, 5.41) is 3.48. The predicted molar refractivity (Wildman–Crippen MR) is 129 cm³/mol. The molecule has 0 radical (unpaired) electrons. The lowest BCUT2D eigenvalue weighted by molar-refractivity contribution is -0.00373. The van der Waals surface area contributed by atoms with Crippen LogP contribution in [-0.2, 0) is 12.5 Å². The summed E-state index contributed by atoms with van der Waals surface area (Å²) < 4.78 is 58.4. The van der Waals surface area contributed by atoms with Gasteiger partial charge in [0.15, 0.2) is 0 Å². The second kappa shape index (κ2) is 11.6. The molecule has 0 bridgehead atoms. The fourth-order valence-corrected chi connectivity index (χ4v) is 3.51. The van der Waals surface area contributed by atoms with E-state index in [1.165, 1.54) is 36.7 Å². The molecule has 0 fully saturated rings. The molecule has 0 unspecified atom stereocenters. The second-order valence-electron chi connectivity index (χ2n) is 8.03. The van der Waals surface area contributed by atoms with Gasteiger partial charge in [-0.1, -0.05) is 30.3 Å². The number of aryl methyl sites for hydroxylation is 1. The summed E-state index contributed by atoms with van der Waals surface area (Å²) in [4.78, 5) is 32.7. The third-order valence-electron chi connectivity index (χ3n) is 5.42. The summed E-state index contributed by atoms with van der Waals surface area (Å²) in [5.74, 6) is -5.56. The minimum atomic E-state index is -3.54. The largest absolute Gasteiger partial charge is 0.336 e. The first-order chi connectivity index (χ1) is 17.6. The molecule has 1 heterocycles. The lowest BCUT2D eigenvalue weighted by Gasteiger charge is -2.22. The molecule has 0 atom stereocenters. The van der Waals surface area contributed by atoms with Gasteiger partial charge in [0.1, 0.15) is 17.5 Å². The molecule has 37 heavy (non-hydrogen) atoms. The maximum atomic E-state index is 14.9. The minimum absolute atomic E-state index is 0.0496. The third kappa shape index (κ3) is 6.49. The molecule has 0 spiro atoms. The number of carbonyl (C=O) groups is 2. The van der Waals surface area contributed by atoms with Crippen molar-refractivity contribution in [3.8, 4) is 11.1 Å². The van der Waals surface area contributed by atoms with Gasteiger partial charge in [-0.25, -0.2) is 37.3 Å². The number of hydrazine groups is 1. The van der Waals surface area contributed by atoms with Crippen molar-refractivity contribution < 1.29 is 27.2 Å². The number of allylic oxidation sites excluding steroid dienone is 1. The van der Waals surface area contributed by atoms with Gasteiger partial charge < -0.3 is 5.32 Å². The number of hydrogen-bond acceptors (Lipinski definition) is 4. The molecule has 3 rings (SSSR count). The van der Waals surface area contributed by atoms with E-state index in [0.717, 1.165) is 23.2 Å². The Morgan fingerprint density at radius 3 is 2.43 bits per heavy atom. The monoisotopic (exact) mass is 515 g/mol. The fraction of sp³-hybridized carbons (Fsp3) is 0.231. The predicted octanol–water partition coefficient (Wildman–Crippen LogP) is 5.27. The van der Waals surface area contributed by atoms with Crippen LogP contribution < -0.4 is 10.7 Å². The molecule has 194 valence electrons. The van der Waals surface area contributed by atoms with Gasteiger partial charge in [-0.15, -0.1) is 6.58 Å². The van der Waals surface area contributed by atoms with E-state index in [-0.39, 0.29) is 35.3 Å². The van der Waals surface area contributed by atoms with E-state index in [1.54, 1.807) is 13.8 Å². The van der Waals surface area contributed by atoms with Crippen LogP contribution in [0.1, 0.15) is 40.7 Å².